The normalized spacial score (nSPS) is 8.00. The number of hydrogen-bond acceptors (Lipinski definition) is 0. The molecule has 0 saturated heterocycles. The Labute approximate surface area is 110 Å². The Kier molecular flexibility index (Phi) is 109. The summed E-state index contributed by atoms with van der Waals surface area (Å²) < 4.78 is 0. The van der Waals surface area contributed by atoms with Gasteiger partial charge in [-0.25, -0.2) is 12.2 Å². The molecule has 1 aliphatic rings. The summed E-state index contributed by atoms with van der Waals surface area (Å²) in [6, 6.07) is 0. The van der Waals surface area contributed by atoms with E-state index in [1.807, 2.05) is 12.2 Å². The van der Waals surface area contributed by atoms with Crippen molar-refractivity contribution in [2.24, 2.45) is 0 Å². The summed E-state index contributed by atoms with van der Waals surface area (Å²) in [4.78, 5) is 0. The van der Waals surface area contributed by atoms with Crippen molar-refractivity contribution in [3.05, 3.63) is 39.2 Å². The Bertz CT molecular complexity index is 74.5. The first-order chi connectivity index (χ1) is 2.50. The van der Waals surface area contributed by atoms with Gasteiger partial charge in [-0.2, -0.15) is 6.08 Å². The van der Waals surface area contributed by atoms with Crippen molar-refractivity contribution in [1.29, 1.82) is 0 Å². The molecule has 0 aliphatic heterocycles. The van der Waals surface area contributed by atoms with Gasteiger partial charge in [0.25, 0.3) is 0 Å². The second-order valence-corrected chi connectivity index (χ2v) is 1.00. The molecule has 11 heavy (non-hydrogen) atoms. The van der Waals surface area contributed by atoms with Crippen molar-refractivity contribution >= 4 is 38.9 Å². The van der Waals surface area contributed by atoms with E-state index in [2.05, 4.69) is 12.2 Å². The molecule has 0 heterocycles. The van der Waals surface area contributed by atoms with Gasteiger partial charge in [0.2, 0.25) is 0 Å². The maximum atomic E-state index is 2.99. The van der Waals surface area contributed by atoms with Crippen LogP contribution in [0.15, 0.2) is 18.2 Å². The monoisotopic (exact) mass is 327 g/mol. The van der Waals surface area contributed by atoms with Crippen molar-refractivity contribution in [2.75, 3.05) is 0 Å². The molecule has 0 fully saturated rings. The second-order valence-electron chi connectivity index (χ2n) is 1.00. The molecule has 0 aromatic carbocycles. The smallest absolute Gasteiger partial charge is 0.358 e. The SMILES string of the molecule is Br.[C-]1=CC=CC1.[CH3-].[CH3-].[SiH3].[SiH3].[Zr+3]. The minimum absolute atomic E-state index is 0. The van der Waals surface area contributed by atoms with Gasteiger partial charge >= 0.3 is 26.2 Å². The van der Waals surface area contributed by atoms with E-state index in [4.69, 9.17) is 0 Å². The van der Waals surface area contributed by atoms with Crippen LogP contribution in [0.2, 0.25) is 0 Å². The van der Waals surface area contributed by atoms with Crippen LogP contribution in [0.25, 0.3) is 0 Å². The van der Waals surface area contributed by atoms with Crippen LogP contribution in [-0.4, -0.2) is 21.9 Å². The molecule has 1 rings (SSSR count). The Balaban J connectivity index is -0.0000000104. The second kappa shape index (κ2) is 30.2. The molecule has 0 saturated carbocycles. The third-order valence-electron chi connectivity index (χ3n) is 0.586. The van der Waals surface area contributed by atoms with Crippen molar-refractivity contribution in [3.63, 3.8) is 0 Å². The number of halogens is 1. The molecular formula is C7H18BrSi2Zr. The van der Waals surface area contributed by atoms with Crippen LogP contribution in [0, 0.1) is 20.9 Å². The maximum absolute atomic E-state index is 2.99. The standard InChI is InChI=1S/C5H5.2CH3.BrH.2H3Si.Zr/c1-2-4-5-3-1;;;;;;/h1-3H,4H2;2*1H3;1H;2*1H3;/q3*-1;;;;+3. The first-order valence-electron chi connectivity index (χ1n) is 1.72. The van der Waals surface area contributed by atoms with Crippen molar-refractivity contribution in [1.82, 2.24) is 0 Å². The molecule has 0 atom stereocenters. The van der Waals surface area contributed by atoms with Gasteiger partial charge in [-0.05, 0) is 21.9 Å². The fourth-order valence-electron chi connectivity index (χ4n) is 0.340. The van der Waals surface area contributed by atoms with Gasteiger partial charge in [0.15, 0.2) is 0 Å². The fraction of sp³-hybridized carbons (Fsp3) is 0.143. The molecule has 0 unspecified atom stereocenters. The number of hydrogen-bond donors (Lipinski definition) is 0. The predicted octanol–water partition coefficient (Wildman–Crippen LogP) is 0.414. The van der Waals surface area contributed by atoms with E-state index in [1.54, 1.807) is 0 Å². The van der Waals surface area contributed by atoms with Crippen LogP contribution in [0.4, 0.5) is 0 Å². The Morgan fingerprint density at radius 3 is 1.64 bits per heavy atom. The molecule has 0 nitrogen and oxygen atoms in total. The minimum Gasteiger partial charge on any atom is -0.358 e. The predicted molar refractivity (Wildman–Crippen MR) is 64.6 cm³/mol. The third-order valence-corrected chi connectivity index (χ3v) is 0.586. The van der Waals surface area contributed by atoms with Gasteiger partial charge in [0, 0.05) is 0 Å². The van der Waals surface area contributed by atoms with Crippen LogP contribution in [-0.2, 0) is 26.2 Å². The van der Waals surface area contributed by atoms with Gasteiger partial charge in [-0.1, -0.05) is 0 Å². The zero-order chi connectivity index (χ0) is 3.54. The van der Waals surface area contributed by atoms with Crippen LogP contribution < -0.4 is 0 Å². The molecule has 0 amide bonds. The molecule has 4 heteroatoms. The fourth-order valence-corrected chi connectivity index (χ4v) is 0.340. The third kappa shape index (κ3) is 24.6. The number of allylic oxidation sites excluding steroid dienone is 4. The zero-order valence-electron chi connectivity index (χ0n) is 7.85. The van der Waals surface area contributed by atoms with Crippen molar-refractivity contribution in [3.8, 4) is 0 Å². The Hall–Kier alpha value is 1.28. The molecule has 0 N–H and O–H groups in total. The number of rotatable bonds is 0. The average molecular weight is 330 g/mol. The molecule has 0 spiro atoms. The molecule has 0 aromatic rings. The molecule has 65 valence electrons. The summed E-state index contributed by atoms with van der Waals surface area (Å²) in [6.45, 7) is 0. The summed E-state index contributed by atoms with van der Waals surface area (Å²) in [5.74, 6) is 0. The van der Waals surface area contributed by atoms with E-state index in [1.165, 1.54) is 0 Å². The molecule has 1 aliphatic carbocycles. The van der Waals surface area contributed by atoms with Crippen LogP contribution in [0.5, 0.6) is 0 Å². The van der Waals surface area contributed by atoms with Crippen LogP contribution >= 0.6 is 17.0 Å². The topological polar surface area (TPSA) is 0 Å². The largest absolute Gasteiger partial charge is 3.00 e. The van der Waals surface area contributed by atoms with E-state index in [-0.39, 0.29) is 80.0 Å². The van der Waals surface area contributed by atoms with Crippen LogP contribution in [0.1, 0.15) is 6.42 Å². The Morgan fingerprint density at radius 2 is 1.55 bits per heavy atom. The van der Waals surface area contributed by atoms with E-state index in [0.717, 1.165) is 6.42 Å². The van der Waals surface area contributed by atoms with E-state index in [9.17, 15) is 0 Å². The van der Waals surface area contributed by atoms with E-state index >= 15 is 0 Å². The van der Waals surface area contributed by atoms with E-state index in [0.29, 0.717) is 0 Å². The summed E-state index contributed by atoms with van der Waals surface area (Å²) >= 11 is 0. The average Bonchev–Trinajstić information content (AvgIpc) is 1.76. The van der Waals surface area contributed by atoms with E-state index < -0.39 is 0 Å². The molecule has 0 aromatic heterocycles. The van der Waals surface area contributed by atoms with Gasteiger partial charge in [0.1, 0.15) is 0 Å². The summed E-state index contributed by atoms with van der Waals surface area (Å²) in [7, 11) is 0. The van der Waals surface area contributed by atoms with Crippen LogP contribution in [0.3, 0.4) is 0 Å². The first-order valence-corrected chi connectivity index (χ1v) is 1.72. The Morgan fingerprint density at radius 1 is 1.09 bits per heavy atom. The van der Waals surface area contributed by atoms with Gasteiger partial charge in [0.05, 0.1) is 0 Å². The van der Waals surface area contributed by atoms with Gasteiger partial charge in [-0.15, -0.1) is 23.4 Å². The van der Waals surface area contributed by atoms with Gasteiger partial charge in [-0.3, -0.25) is 6.08 Å². The zero-order valence-corrected chi connectivity index (χ0v) is 16.0. The quantitative estimate of drug-likeness (QED) is 0.446. The molecule has 3 radical (unpaired) electrons. The molecule has 0 bridgehead atoms. The van der Waals surface area contributed by atoms with Crippen molar-refractivity contribution < 1.29 is 26.2 Å². The van der Waals surface area contributed by atoms with Gasteiger partial charge < -0.3 is 14.9 Å². The summed E-state index contributed by atoms with van der Waals surface area (Å²) in [5.41, 5.74) is 0. The maximum Gasteiger partial charge on any atom is 3.00 e. The minimum atomic E-state index is 0. The van der Waals surface area contributed by atoms with Crippen molar-refractivity contribution in [2.45, 2.75) is 6.42 Å². The summed E-state index contributed by atoms with van der Waals surface area (Å²) in [6.07, 6.45) is 10.0. The summed E-state index contributed by atoms with van der Waals surface area (Å²) in [5, 5.41) is 0. The molecular weight excluding hydrogens is 311 g/mol. The first kappa shape index (κ1) is 39.6.